The van der Waals surface area contributed by atoms with E-state index in [1.807, 2.05) is 6.08 Å². The van der Waals surface area contributed by atoms with E-state index in [-0.39, 0.29) is 38.9 Å². The van der Waals surface area contributed by atoms with Gasteiger partial charge in [0.1, 0.15) is 5.25 Å². The number of cyclic esters (lactones) is 1. The molecule has 29 heavy (non-hydrogen) atoms. The molecule has 0 bridgehead atoms. The van der Waals surface area contributed by atoms with Crippen molar-refractivity contribution in [2.75, 3.05) is 6.61 Å². The summed E-state index contributed by atoms with van der Waals surface area (Å²) in [5.41, 5.74) is 1.36. The molecule has 5 rings (SSSR count). The average Bonchev–Trinajstić information content (AvgIpc) is 3.25. The molecule has 0 aromatic carbocycles. The number of carbonyl (C=O) groups is 3. The summed E-state index contributed by atoms with van der Waals surface area (Å²) in [6.07, 6.45) is 12.8. The topological polar surface area (TPSA) is 60.4 Å². The number of carbonyl (C=O) groups excluding carboxylic acids is 3. The summed E-state index contributed by atoms with van der Waals surface area (Å²) in [5, 5.41) is -0.0873. The molecule has 0 amide bonds. The Hall–Kier alpha value is -1.36. The van der Waals surface area contributed by atoms with E-state index in [1.165, 1.54) is 17.3 Å². The van der Waals surface area contributed by atoms with Crippen molar-refractivity contribution in [3.05, 3.63) is 23.8 Å². The zero-order chi connectivity index (χ0) is 20.4. The minimum atomic E-state index is -0.298. The molecule has 156 valence electrons. The molecule has 4 nitrogen and oxygen atoms in total. The number of allylic oxidation sites excluding steroid dienone is 4. The summed E-state index contributed by atoms with van der Waals surface area (Å²) in [4.78, 5) is 36.9. The van der Waals surface area contributed by atoms with Gasteiger partial charge in [-0.3, -0.25) is 14.4 Å². The second-order valence-corrected chi connectivity index (χ2v) is 11.4. The van der Waals surface area contributed by atoms with Crippen LogP contribution in [0.15, 0.2) is 23.8 Å². The van der Waals surface area contributed by atoms with Crippen LogP contribution in [-0.4, -0.2) is 28.7 Å². The summed E-state index contributed by atoms with van der Waals surface area (Å²) in [5.74, 6) is 1.72. The molecule has 0 spiro atoms. The lowest BCUT2D eigenvalue weighted by molar-refractivity contribution is -0.137. The Morgan fingerprint density at radius 2 is 1.93 bits per heavy atom. The molecule has 4 unspecified atom stereocenters. The first-order valence-corrected chi connectivity index (χ1v) is 12.0. The third-order valence-corrected chi connectivity index (χ3v) is 10.2. The third kappa shape index (κ3) is 2.90. The van der Waals surface area contributed by atoms with E-state index in [9.17, 15) is 14.4 Å². The Morgan fingerprint density at radius 1 is 1.10 bits per heavy atom. The van der Waals surface area contributed by atoms with Crippen LogP contribution < -0.4 is 0 Å². The van der Waals surface area contributed by atoms with Gasteiger partial charge in [0.15, 0.2) is 10.9 Å². The smallest absolute Gasteiger partial charge is 0.319 e. The maximum Gasteiger partial charge on any atom is 0.319 e. The van der Waals surface area contributed by atoms with Crippen LogP contribution in [0.1, 0.15) is 58.8 Å². The van der Waals surface area contributed by atoms with E-state index < -0.39 is 0 Å². The lowest BCUT2D eigenvalue weighted by Gasteiger charge is -2.56. The SMILES string of the molecule is C[C@]12C=CC(=O)C=C1CCC1C2CC[C@@]2(C)C1CC[C@@H]2C(=O)SC1CCOC1=O. The molecule has 4 aliphatic carbocycles. The molecule has 1 heterocycles. The zero-order valence-corrected chi connectivity index (χ0v) is 18.1. The Bertz CT molecular complexity index is 829. The number of ketones is 1. The maximum absolute atomic E-state index is 13.2. The number of rotatable bonds is 2. The van der Waals surface area contributed by atoms with E-state index in [2.05, 4.69) is 19.9 Å². The molecule has 5 aliphatic rings. The highest BCUT2D eigenvalue weighted by Gasteiger charge is 2.60. The highest BCUT2D eigenvalue weighted by atomic mass is 32.2. The van der Waals surface area contributed by atoms with Crippen molar-refractivity contribution in [2.24, 2.45) is 34.5 Å². The Kier molecular flexibility index (Phi) is 4.61. The zero-order valence-electron chi connectivity index (χ0n) is 17.3. The van der Waals surface area contributed by atoms with Gasteiger partial charge in [0.05, 0.1) is 6.61 Å². The van der Waals surface area contributed by atoms with Gasteiger partial charge in [-0.2, -0.15) is 0 Å². The van der Waals surface area contributed by atoms with Crippen LogP contribution >= 0.6 is 11.8 Å². The molecule has 4 fully saturated rings. The lowest BCUT2D eigenvalue weighted by Crippen LogP contribution is -2.50. The van der Waals surface area contributed by atoms with Gasteiger partial charge in [-0.25, -0.2) is 0 Å². The fraction of sp³-hybridized carbons (Fsp3) is 0.708. The van der Waals surface area contributed by atoms with Gasteiger partial charge < -0.3 is 4.74 Å². The van der Waals surface area contributed by atoms with Gasteiger partial charge in [0.25, 0.3) is 0 Å². The second-order valence-electron chi connectivity index (χ2n) is 10.2. The van der Waals surface area contributed by atoms with Crippen molar-refractivity contribution in [1.29, 1.82) is 0 Å². The van der Waals surface area contributed by atoms with Crippen LogP contribution in [0.25, 0.3) is 0 Å². The summed E-state index contributed by atoms with van der Waals surface area (Å²) in [6, 6.07) is 0. The fourth-order valence-electron chi connectivity index (χ4n) is 7.39. The monoisotopic (exact) mass is 414 g/mol. The average molecular weight is 415 g/mol. The van der Waals surface area contributed by atoms with Gasteiger partial charge in [0, 0.05) is 17.8 Å². The largest absolute Gasteiger partial charge is 0.465 e. The molecule has 0 aromatic heterocycles. The first kappa shape index (κ1) is 19.6. The van der Waals surface area contributed by atoms with Gasteiger partial charge in [-0.15, -0.1) is 0 Å². The molecule has 3 saturated carbocycles. The van der Waals surface area contributed by atoms with Crippen molar-refractivity contribution in [2.45, 2.75) is 64.0 Å². The first-order valence-electron chi connectivity index (χ1n) is 11.1. The number of thioether (sulfide) groups is 1. The Morgan fingerprint density at radius 3 is 2.69 bits per heavy atom. The third-order valence-electron chi connectivity index (χ3n) is 8.99. The van der Waals surface area contributed by atoms with E-state index in [0.717, 1.165) is 38.5 Å². The van der Waals surface area contributed by atoms with Crippen molar-refractivity contribution < 1.29 is 19.1 Å². The van der Waals surface area contributed by atoms with Crippen LogP contribution in [0.4, 0.5) is 0 Å². The van der Waals surface area contributed by atoms with Gasteiger partial charge in [0.2, 0.25) is 0 Å². The molecule has 1 saturated heterocycles. The highest BCUT2D eigenvalue weighted by molar-refractivity contribution is 8.14. The number of hydrogen-bond donors (Lipinski definition) is 0. The van der Waals surface area contributed by atoms with Crippen LogP contribution in [0, 0.1) is 34.5 Å². The van der Waals surface area contributed by atoms with Crippen molar-refractivity contribution in [1.82, 2.24) is 0 Å². The van der Waals surface area contributed by atoms with Gasteiger partial charge in [-0.05, 0) is 73.8 Å². The maximum atomic E-state index is 13.2. The lowest BCUT2D eigenvalue weighted by atomic mass is 9.48. The normalized spacial score (nSPS) is 45.9. The van der Waals surface area contributed by atoms with Crippen LogP contribution in [0.5, 0.6) is 0 Å². The molecular weight excluding hydrogens is 384 g/mol. The van der Waals surface area contributed by atoms with Gasteiger partial charge in [-0.1, -0.05) is 37.3 Å². The van der Waals surface area contributed by atoms with E-state index >= 15 is 0 Å². The molecular formula is C24H30O4S. The predicted molar refractivity (Wildman–Crippen MR) is 112 cm³/mol. The van der Waals surface area contributed by atoms with Gasteiger partial charge >= 0.3 is 5.97 Å². The molecule has 7 atom stereocenters. The molecule has 0 N–H and O–H groups in total. The van der Waals surface area contributed by atoms with Crippen molar-refractivity contribution >= 4 is 28.6 Å². The Labute approximate surface area is 176 Å². The fourth-order valence-corrected chi connectivity index (χ4v) is 8.60. The quantitative estimate of drug-likeness (QED) is 0.623. The summed E-state index contributed by atoms with van der Waals surface area (Å²) in [7, 11) is 0. The summed E-state index contributed by atoms with van der Waals surface area (Å²) in [6.45, 7) is 5.11. The van der Waals surface area contributed by atoms with Crippen LogP contribution in [0.3, 0.4) is 0 Å². The second kappa shape index (κ2) is 6.83. The van der Waals surface area contributed by atoms with Crippen molar-refractivity contribution in [3.63, 3.8) is 0 Å². The highest BCUT2D eigenvalue weighted by Crippen LogP contribution is 2.66. The molecule has 5 heteroatoms. The molecule has 0 aromatic rings. The number of hydrogen-bond acceptors (Lipinski definition) is 5. The Balaban J connectivity index is 1.36. The molecule has 0 radical (unpaired) electrons. The number of ether oxygens (including phenoxy) is 1. The van der Waals surface area contributed by atoms with Crippen LogP contribution in [-0.2, 0) is 19.1 Å². The van der Waals surface area contributed by atoms with E-state index in [4.69, 9.17) is 4.74 Å². The number of esters is 1. The summed E-state index contributed by atoms with van der Waals surface area (Å²) >= 11 is 1.24. The standard InChI is InChI=1S/C24H30O4S/c1-23-10-7-15(25)13-14(23)3-4-16-17-5-6-19(24(17,2)11-8-18(16)23)22(27)29-20-9-12-28-21(20)26/h7,10,13,16-20H,3-6,8-9,11-12H2,1-2H3/t16?,17?,18?,19-,20?,23+,24+/m1/s1. The van der Waals surface area contributed by atoms with Crippen molar-refractivity contribution in [3.8, 4) is 0 Å². The first-order chi connectivity index (χ1) is 13.8. The van der Waals surface area contributed by atoms with E-state index in [0.29, 0.717) is 30.8 Å². The minimum absolute atomic E-state index is 0.00259. The minimum Gasteiger partial charge on any atom is -0.465 e. The van der Waals surface area contributed by atoms with Crippen LogP contribution in [0.2, 0.25) is 0 Å². The molecule has 1 aliphatic heterocycles. The predicted octanol–water partition coefficient (Wildman–Crippen LogP) is 4.49. The number of fused-ring (bicyclic) bond motifs is 5. The summed E-state index contributed by atoms with van der Waals surface area (Å²) < 4.78 is 5.05. The van der Waals surface area contributed by atoms with E-state index in [1.54, 1.807) is 6.08 Å².